The third-order valence-corrected chi connectivity index (χ3v) is 3.13. The summed E-state index contributed by atoms with van der Waals surface area (Å²) in [5.74, 6) is 0.114. The third-order valence-electron chi connectivity index (χ3n) is 3.13. The maximum absolute atomic E-state index is 13.3. The number of hydrogen-bond donors (Lipinski definition) is 2. The summed E-state index contributed by atoms with van der Waals surface area (Å²) in [6.45, 7) is 6.66. The van der Waals surface area contributed by atoms with Crippen LogP contribution in [0.2, 0.25) is 0 Å². The molecule has 0 aliphatic rings. The Labute approximate surface area is 112 Å². The molecule has 0 unspecified atom stereocenters. The lowest BCUT2D eigenvalue weighted by molar-refractivity contribution is -0.120. The van der Waals surface area contributed by atoms with Crippen LogP contribution in [-0.4, -0.2) is 17.4 Å². The maximum Gasteiger partial charge on any atom is 0.224 e. The van der Waals surface area contributed by atoms with E-state index in [0.29, 0.717) is 12.5 Å². The number of carbonyl (C=O) groups is 1. The van der Waals surface area contributed by atoms with Gasteiger partial charge in [-0.1, -0.05) is 13.8 Å². The van der Waals surface area contributed by atoms with Gasteiger partial charge in [0.05, 0.1) is 6.42 Å². The number of aryl methyl sites for hydroxylation is 1. The minimum absolute atomic E-state index is 0.0260. The standard InChI is InChI=1S/C15H19FN2O/c1-9(2)8-17-15(19)7-12-10(3)18-14-5-4-11(16)6-13(12)14/h4-6,9,18H,7-8H2,1-3H3,(H,17,19). The summed E-state index contributed by atoms with van der Waals surface area (Å²) in [5, 5.41) is 3.67. The predicted molar refractivity (Wildman–Crippen MR) is 74.5 cm³/mol. The molecule has 2 rings (SSSR count). The Morgan fingerprint density at radius 1 is 1.42 bits per heavy atom. The third kappa shape index (κ3) is 3.13. The quantitative estimate of drug-likeness (QED) is 0.874. The van der Waals surface area contributed by atoms with Crippen LogP contribution in [0.15, 0.2) is 18.2 Å². The number of H-pyrrole nitrogens is 1. The van der Waals surface area contributed by atoms with Gasteiger partial charge in [-0.25, -0.2) is 4.39 Å². The van der Waals surface area contributed by atoms with E-state index >= 15 is 0 Å². The van der Waals surface area contributed by atoms with Gasteiger partial charge >= 0.3 is 0 Å². The van der Waals surface area contributed by atoms with Crippen molar-refractivity contribution in [2.24, 2.45) is 5.92 Å². The fourth-order valence-electron chi connectivity index (χ4n) is 2.12. The molecule has 0 spiro atoms. The first-order valence-corrected chi connectivity index (χ1v) is 6.50. The van der Waals surface area contributed by atoms with Gasteiger partial charge in [0, 0.05) is 23.1 Å². The molecule has 4 heteroatoms. The molecule has 0 atom stereocenters. The summed E-state index contributed by atoms with van der Waals surface area (Å²) in [5.41, 5.74) is 2.65. The minimum Gasteiger partial charge on any atom is -0.358 e. The summed E-state index contributed by atoms with van der Waals surface area (Å²) >= 11 is 0. The van der Waals surface area contributed by atoms with Gasteiger partial charge in [-0.3, -0.25) is 4.79 Å². The van der Waals surface area contributed by atoms with E-state index in [9.17, 15) is 9.18 Å². The normalized spacial score (nSPS) is 11.2. The summed E-state index contributed by atoms with van der Waals surface area (Å²) in [7, 11) is 0. The number of nitrogens with one attached hydrogen (secondary N) is 2. The largest absolute Gasteiger partial charge is 0.358 e. The van der Waals surface area contributed by atoms with E-state index in [1.165, 1.54) is 12.1 Å². The Morgan fingerprint density at radius 3 is 2.84 bits per heavy atom. The first-order chi connectivity index (χ1) is 8.97. The molecule has 2 aromatic rings. The van der Waals surface area contributed by atoms with Crippen LogP contribution in [0, 0.1) is 18.7 Å². The molecule has 0 fully saturated rings. The summed E-state index contributed by atoms with van der Waals surface area (Å²) in [6, 6.07) is 4.60. The first-order valence-electron chi connectivity index (χ1n) is 6.50. The lowest BCUT2D eigenvalue weighted by atomic mass is 10.1. The van der Waals surface area contributed by atoms with E-state index in [-0.39, 0.29) is 18.1 Å². The highest BCUT2D eigenvalue weighted by Gasteiger charge is 2.13. The van der Waals surface area contributed by atoms with Gasteiger partial charge in [0.15, 0.2) is 0 Å². The highest BCUT2D eigenvalue weighted by atomic mass is 19.1. The van der Waals surface area contributed by atoms with Crippen LogP contribution < -0.4 is 5.32 Å². The Bertz CT molecular complexity index is 601. The van der Waals surface area contributed by atoms with Crippen LogP contribution in [0.4, 0.5) is 4.39 Å². The average molecular weight is 262 g/mol. The zero-order valence-electron chi connectivity index (χ0n) is 11.5. The zero-order valence-corrected chi connectivity index (χ0v) is 11.5. The van der Waals surface area contributed by atoms with E-state index in [0.717, 1.165) is 22.2 Å². The number of carbonyl (C=O) groups excluding carboxylic acids is 1. The molecule has 0 radical (unpaired) electrons. The van der Waals surface area contributed by atoms with Crippen molar-refractivity contribution in [2.75, 3.05) is 6.54 Å². The van der Waals surface area contributed by atoms with Crippen molar-refractivity contribution >= 4 is 16.8 Å². The number of aromatic nitrogens is 1. The van der Waals surface area contributed by atoms with Gasteiger partial charge < -0.3 is 10.3 Å². The van der Waals surface area contributed by atoms with E-state index in [1.807, 2.05) is 20.8 Å². The average Bonchev–Trinajstić information content (AvgIpc) is 2.63. The van der Waals surface area contributed by atoms with Gasteiger partial charge in [0.2, 0.25) is 5.91 Å². The van der Waals surface area contributed by atoms with Crippen molar-refractivity contribution in [3.63, 3.8) is 0 Å². The van der Waals surface area contributed by atoms with E-state index in [2.05, 4.69) is 10.3 Å². The van der Waals surface area contributed by atoms with Gasteiger partial charge in [-0.2, -0.15) is 0 Å². The van der Waals surface area contributed by atoms with Crippen LogP contribution in [0.3, 0.4) is 0 Å². The molecule has 0 saturated carbocycles. The van der Waals surface area contributed by atoms with E-state index in [1.54, 1.807) is 6.07 Å². The number of halogens is 1. The Balaban J connectivity index is 2.22. The van der Waals surface area contributed by atoms with Crippen LogP contribution in [0.1, 0.15) is 25.1 Å². The first kappa shape index (κ1) is 13.6. The second-order valence-electron chi connectivity index (χ2n) is 5.29. The van der Waals surface area contributed by atoms with E-state index < -0.39 is 0 Å². The van der Waals surface area contributed by atoms with Crippen LogP contribution >= 0.6 is 0 Å². The van der Waals surface area contributed by atoms with Gasteiger partial charge in [0.1, 0.15) is 5.82 Å². The summed E-state index contributed by atoms with van der Waals surface area (Å²) in [4.78, 5) is 15.1. The van der Waals surface area contributed by atoms with Crippen LogP contribution in [0.25, 0.3) is 10.9 Å². The van der Waals surface area contributed by atoms with Gasteiger partial charge in [-0.15, -0.1) is 0 Å². The monoisotopic (exact) mass is 262 g/mol. The number of amides is 1. The number of rotatable bonds is 4. The predicted octanol–water partition coefficient (Wildman–Crippen LogP) is 2.93. The van der Waals surface area contributed by atoms with Gasteiger partial charge in [0.25, 0.3) is 0 Å². The van der Waals surface area contributed by atoms with Crippen LogP contribution in [0.5, 0.6) is 0 Å². The molecular formula is C15H19FN2O. The molecule has 1 amide bonds. The maximum atomic E-state index is 13.3. The molecular weight excluding hydrogens is 243 g/mol. The van der Waals surface area contributed by atoms with Crippen LogP contribution in [-0.2, 0) is 11.2 Å². The number of hydrogen-bond acceptors (Lipinski definition) is 1. The molecule has 0 aliphatic carbocycles. The van der Waals surface area contributed by atoms with Crippen molar-refractivity contribution in [1.82, 2.24) is 10.3 Å². The number of aromatic amines is 1. The van der Waals surface area contributed by atoms with Gasteiger partial charge in [-0.05, 0) is 36.6 Å². The molecule has 0 aliphatic heterocycles. The molecule has 2 N–H and O–H groups in total. The molecule has 3 nitrogen and oxygen atoms in total. The second kappa shape index (κ2) is 5.43. The smallest absolute Gasteiger partial charge is 0.224 e. The topological polar surface area (TPSA) is 44.9 Å². The molecule has 1 aromatic heterocycles. The Kier molecular flexibility index (Phi) is 3.88. The Morgan fingerprint density at radius 2 is 2.16 bits per heavy atom. The summed E-state index contributed by atoms with van der Waals surface area (Å²) < 4.78 is 13.3. The summed E-state index contributed by atoms with van der Waals surface area (Å²) in [6.07, 6.45) is 0.280. The lowest BCUT2D eigenvalue weighted by Gasteiger charge is -2.07. The van der Waals surface area contributed by atoms with Crippen molar-refractivity contribution in [2.45, 2.75) is 27.2 Å². The minimum atomic E-state index is -0.282. The molecule has 19 heavy (non-hydrogen) atoms. The Hall–Kier alpha value is -1.84. The van der Waals surface area contributed by atoms with Crippen molar-refractivity contribution < 1.29 is 9.18 Å². The SMILES string of the molecule is Cc1[nH]c2ccc(F)cc2c1CC(=O)NCC(C)C. The fourth-order valence-corrected chi connectivity index (χ4v) is 2.12. The second-order valence-corrected chi connectivity index (χ2v) is 5.29. The highest BCUT2D eigenvalue weighted by Crippen LogP contribution is 2.23. The molecule has 0 saturated heterocycles. The zero-order chi connectivity index (χ0) is 14.0. The number of fused-ring (bicyclic) bond motifs is 1. The van der Waals surface area contributed by atoms with Crippen molar-refractivity contribution in [3.05, 3.63) is 35.3 Å². The highest BCUT2D eigenvalue weighted by molar-refractivity contribution is 5.90. The van der Waals surface area contributed by atoms with Crippen molar-refractivity contribution in [1.29, 1.82) is 0 Å². The van der Waals surface area contributed by atoms with E-state index in [4.69, 9.17) is 0 Å². The lowest BCUT2D eigenvalue weighted by Crippen LogP contribution is -2.28. The number of benzene rings is 1. The van der Waals surface area contributed by atoms with Crippen molar-refractivity contribution in [3.8, 4) is 0 Å². The molecule has 102 valence electrons. The fraction of sp³-hybridized carbons (Fsp3) is 0.400. The molecule has 1 aromatic carbocycles. The molecule has 1 heterocycles. The molecule has 0 bridgehead atoms.